The van der Waals surface area contributed by atoms with Crippen molar-refractivity contribution >= 4 is 34.5 Å². The Hall–Kier alpha value is -0.780. The van der Waals surface area contributed by atoms with Crippen LogP contribution in [0.15, 0.2) is 29.6 Å². The summed E-state index contributed by atoms with van der Waals surface area (Å²) in [7, 11) is 4.11. The Morgan fingerprint density at radius 2 is 2.10 bits per heavy atom. The molecule has 6 heteroatoms. The van der Waals surface area contributed by atoms with Crippen LogP contribution in [0.1, 0.15) is 16.5 Å². The van der Waals surface area contributed by atoms with Gasteiger partial charge in [-0.1, -0.05) is 29.3 Å². The molecule has 0 radical (unpaired) electrons. The lowest BCUT2D eigenvalue weighted by molar-refractivity contribution is 0.292. The molecule has 21 heavy (non-hydrogen) atoms. The average Bonchev–Trinajstić information content (AvgIpc) is 2.93. The summed E-state index contributed by atoms with van der Waals surface area (Å²) in [4.78, 5) is 3.48. The molecule has 0 spiro atoms. The van der Waals surface area contributed by atoms with Gasteiger partial charge in [-0.05, 0) is 37.7 Å². The zero-order chi connectivity index (χ0) is 15.4. The fourth-order valence-electron chi connectivity index (χ4n) is 2.12. The highest BCUT2D eigenvalue weighted by Gasteiger charge is 2.15. The summed E-state index contributed by atoms with van der Waals surface area (Å²) in [5.74, 6) is 0.0890. The highest BCUT2D eigenvalue weighted by molar-refractivity contribution is 7.10. The van der Waals surface area contributed by atoms with Crippen LogP contribution in [0, 0.1) is 0 Å². The fraction of sp³-hybridized carbons (Fsp3) is 0.333. The van der Waals surface area contributed by atoms with Crippen molar-refractivity contribution in [1.29, 1.82) is 0 Å². The van der Waals surface area contributed by atoms with E-state index in [2.05, 4.69) is 41.8 Å². The monoisotopic (exact) mass is 344 g/mol. The van der Waals surface area contributed by atoms with Crippen molar-refractivity contribution < 1.29 is 5.11 Å². The van der Waals surface area contributed by atoms with E-state index in [1.165, 1.54) is 10.9 Å². The number of nitrogens with one attached hydrogen (secondary N) is 1. The van der Waals surface area contributed by atoms with Gasteiger partial charge in [0, 0.05) is 28.6 Å². The van der Waals surface area contributed by atoms with Crippen molar-refractivity contribution in [3.05, 3.63) is 50.1 Å². The molecule has 1 heterocycles. The predicted molar refractivity (Wildman–Crippen MR) is 90.6 cm³/mol. The molecule has 0 amide bonds. The Bertz CT molecular complexity index is 588. The van der Waals surface area contributed by atoms with Gasteiger partial charge in [-0.2, -0.15) is 0 Å². The van der Waals surface area contributed by atoms with Crippen LogP contribution in [-0.2, 0) is 6.54 Å². The van der Waals surface area contributed by atoms with Gasteiger partial charge >= 0.3 is 0 Å². The highest BCUT2D eigenvalue weighted by Crippen LogP contribution is 2.31. The van der Waals surface area contributed by atoms with Crippen LogP contribution in [0.25, 0.3) is 0 Å². The standard InChI is InChI=1S/C15H18Cl2N2OS/c1-19(2)13(14-4-3-5-21-14)9-18-8-10-6-11(16)7-12(17)15(10)20/h3-7,13,18,20H,8-9H2,1-2H3. The normalized spacial score (nSPS) is 12.8. The zero-order valence-corrected chi connectivity index (χ0v) is 14.3. The lowest BCUT2D eigenvalue weighted by atomic mass is 10.1. The van der Waals surface area contributed by atoms with Crippen LogP contribution in [0.5, 0.6) is 5.75 Å². The molecule has 1 atom stereocenters. The Labute approximate surface area is 139 Å². The number of nitrogens with zero attached hydrogens (tertiary/aromatic N) is 1. The third-order valence-corrected chi connectivity index (χ3v) is 4.74. The number of phenolic OH excluding ortho intramolecular Hbond substituents is 1. The molecule has 0 fully saturated rings. The van der Waals surface area contributed by atoms with Gasteiger partial charge in [0.05, 0.1) is 11.1 Å². The van der Waals surface area contributed by atoms with Gasteiger partial charge in [0.15, 0.2) is 0 Å². The first-order chi connectivity index (χ1) is 9.99. The Balaban J connectivity index is 2.00. The third-order valence-electron chi connectivity index (χ3n) is 3.26. The number of halogens is 2. The second kappa shape index (κ2) is 7.47. The Kier molecular flexibility index (Phi) is 5.90. The molecule has 0 bridgehead atoms. The SMILES string of the molecule is CN(C)C(CNCc1cc(Cl)cc(Cl)c1O)c1cccs1. The van der Waals surface area contributed by atoms with Gasteiger partial charge in [0.2, 0.25) is 0 Å². The van der Waals surface area contributed by atoms with Gasteiger partial charge in [0.25, 0.3) is 0 Å². The topological polar surface area (TPSA) is 35.5 Å². The van der Waals surface area contributed by atoms with Crippen LogP contribution in [0.2, 0.25) is 10.0 Å². The lowest BCUT2D eigenvalue weighted by Gasteiger charge is -2.23. The van der Waals surface area contributed by atoms with Crippen molar-refractivity contribution in [3.8, 4) is 5.75 Å². The van der Waals surface area contributed by atoms with E-state index in [0.717, 1.165) is 6.54 Å². The summed E-state index contributed by atoms with van der Waals surface area (Å²) in [5, 5.41) is 16.2. The highest BCUT2D eigenvalue weighted by atomic mass is 35.5. The molecule has 0 saturated carbocycles. The summed E-state index contributed by atoms with van der Waals surface area (Å²) < 4.78 is 0. The van der Waals surface area contributed by atoms with Crippen LogP contribution < -0.4 is 5.32 Å². The van der Waals surface area contributed by atoms with E-state index in [9.17, 15) is 5.11 Å². The van der Waals surface area contributed by atoms with Crippen molar-refractivity contribution in [2.75, 3.05) is 20.6 Å². The number of rotatable bonds is 6. The fourth-order valence-corrected chi connectivity index (χ4v) is 3.57. The number of hydrogen-bond donors (Lipinski definition) is 2. The number of likely N-dealkylation sites (N-methyl/N-ethyl adjacent to an activating group) is 1. The molecule has 2 N–H and O–H groups in total. The molecule has 2 rings (SSSR count). The molecule has 0 aliphatic carbocycles. The van der Waals surface area contributed by atoms with Crippen molar-refractivity contribution in [2.24, 2.45) is 0 Å². The molecule has 1 unspecified atom stereocenters. The summed E-state index contributed by atoms with van der Waals surface area (Å²) >= 11 is 13.6. The van der Waals surface area contributed by atoms with E-state index in [0.29, 0.717) is 23.2 Å². The molecule has 3 nitrogen and oxygen atoms in total. The number of thiophene rings is 1. The number of phenols is 1. The Morgan fingerprint density at radius 3 is 2.71 bits per heavy atom. The second-order valence-corrected chi connectivity index (χ2v) is 6.84. The van der Waals surface area contributed by atoms with Crippen molar-refractivity contribution in [2.45, 2.75) is 12.6 Å². The molecule has 1 aromatic carbocycles. The lowest BCUT2D eigenvalue weighted by Crippen LogP contribution is -2.30. The summed E-state index contributed by atoms with van der Waals surface area (Å²) in [5.41, 5.74) is 0.705. The second-order valence-electron chi connectivity index (χ2n) is 5.02. The molecule has 1 aromatic heterocycles. The summed E-state index contributed by atoms with van der Waals surface area (Å²) in [6.07, 6.45) is 0. The Morgan fingerprint density at radius 1 is 1.33 bits per heavy atom. The zero-order valence-electron chi connectivity index (χ0n) is 11.9. The molecular formula is C15H18Cl2N2OS. The van der Waals surface area contributed by atoms with Gasteiger partial charge < -0.3 is 15.3 Å². The van der Waals surface area contributed by atoms with Crippen LogP contribution >= 0.6 is 34.5 Å². The van der Waals surface area contributed by atoms with Gasteiger partial charge in [-0.25, -0.2) is 0 Å². The van der Waals surface area contributed by atoms with E-state index in [1.807, 2.05) is 0 Å². The number of hydrogen-bond acceptors (Lipinski definition) is 4. The largest absolute Gasteiger partial charge is 0.506 e. The molecule has 0 saturated heterocycles. The van der Waals surface area contributed by atoms with Crippen LogP contribution in [-0.4, -0.2) is 30.6 Å². The van der Waals surface area contributed by atoms with E-state index in [-0.39, 0.29) is 10.8 Å². The first kappa shape index (κ1) is 16.6. The van der Waals surface area contributed by atoms with E-state index >= 15 is 0 Å². The first-order valence-electron chi connectivity index (χ1n) is 6.56. The molecule has 2 aromatic rings. The maximum absolute atomic E-state index is 9.94. The molecule has 0 aliphatic rings. The van der Waals surface area contributed by atoms with Crippen molar-refractivity contribution in [1.82, 2.24) is 10.2 Å². The number of benzene rings is 1. The quantitative estimate of drug-likeness (QED) is 0.826. The molecular weight excluding hydrogens is 327 g/mol. The molecule has 0 aliphatic heterocycles. The van der Waals surface area contributed by atoms with Gasteiger partial charge in [0.1, 0.15) is 5.75 Å². The van der Waals surface area contributed by atoms with Gasteiger partial charge in [-0.3, -0.25) is 0 Å². The smallest absolute Gasteiger partial charge is 0.138 e. The summed E-state index contributed by atoms with van der Waals surface area (Å²) in [6.45, 7) is 1.29. The minimum absolute atomic E-state index is 0.0890. The minimum atomic E-state index is 0.0890. The minimum Gasteiger partial charge on any atom is -0.506 e. The van der Waals surface area contributed by atoms with Crippen LogP contribution in [0.3, 0.4) is 0 Å². The summed E-state index contributed by atoms with van der Waals surface area (Å²) in [6, 6.07) is 7.74. The average molecular weight is 345 g/mol. The maximum atomic E-state index is 9.94. The van der Waals surface area contributed by atoms with E-state index in [4.69, 9.17) is 23.2 Å². The van der Waals surface area contributed by atoms with E-state index in [1.54, 1.807) is 17.4 Å². The third kappa shape index (κ3) is 4.34. The van der Waals surface area contributed by atoms with Crippen LogP contribution in [0.4, 0.5) is 0 Å². The van der Waals surface area contributed by atoms with E-state index < -0.39 is 0 Å². The molecule has 114 valence electrons. The predicted octanol–water partition coefficient (Wildman–Crippen LogP) is 4.15. The first-order valence-corrected chi connectivity index (χ1v) is 8.20. The van der Waals surface area contributed by atoms with Crippen molar-refractivity contribution in [3.63, 3.8) is 0 Å². The number of aromatic hydroxyl groups is 1. The maximum Gasteiger partial charge on any atom is 0.138 e. The van der Waals surface area contributed by atoms with Gasteiger partial charge in [-0.15, -0.1) is 11.3 Å².